The fraction of sp³-hybridized carbons (Fsp3) is 0. The van der Waals surface area contributed by atoms with E-state index in [-0.39, 0.29) is 0 Å². The Bertz CT molecular complexity index is 2640. The fourth-order valence-electron chi connectivity index (χ4n) is 7.57. The number of fused-ring (bicyclic) bond motifs is 9. The lowest BCUT2D eigenvalue weighted by molar-refractivity contribution is 0.995. The first-order chi connectivity index (χ1) is 24.8. The van der Waals surface area contributed by atoms with Crippen LogP contribution in [-0.2, 0) is 0 Å². The number of para-hydroxylation sites is 3. The molecular weight excluding hydrogens is 609 g/mol. The van der Waals surface area contributed by atoms with Crippen LogP contribution in [0.15, 0.2) is 182 Å². The van der Waals surface area contributed by atoms with Crippen LogP contribution in [0.3, 0.4) is 0 Å². The van der Waals surface area contributed by atoms with E-state index >= 15 is 0 Å². The van der Waals surface area contributed by atoms with Gasteiger partial charge in [-0.1, -0.05) is 146 Å². The van der Waals surface area contributed by atoms with Gasteiger partial charge in [-0.2, -0.15) is 0 Å². The van der Waals surface area contributed by atoms with Gasteiger partial charge in [-0.05, 0) is 47.5 Å². The van der Waals surface area contributed by atoms with Crippen LogP contribution >= 0.6 is 0 Å². The van der Waals surface area contributed by atoms with Gasteiger partial charge in [0.1, 0.15) is 0 Å². The second-order valence-electron chi connectivity index (χ2n) is 12.6. The minimum atomic E-state index is 0.636. The molecule has 4 heteroatoms. The predicted octanol–water partition coefficient (Wildman–Crippen LogP) is 12.0. The molecule has 0 atom stereocenters. The number of nitrogens with zero attached hydrogens (tertiary/aromatic N) is 4. The van der Waals surface area contributed by atoms with Gasteiger partial charge in [0.05, 0.1) is 33.8 Å². The maximum absolute atomic E-state index is 5.29. The summed E-state index contributed by atoms with van der Waals surface area (Å²) in [6.07, 6.45) is 0. The predicted molar refractivity (Wildman–Crippen MR) is 206 cm³/mol. The number of benzene rings is 7. The Hall–Kier alpha value is -6.78. The Morgan fingerprint density at radius 1 is 0.400 bits per heavy atom. The van der Waals surface area contributed by atoms with E-state index in [9.17, 15) is 0 Å². The molecule has 0 aliphatic carbocycles. The summed E-state index contributed by atoms with van der Waals surface area (Å²) >= 11 is 0. The van der Waals surface area contributed by atoms with E-state index in [1.54, 1.807) is 0 Å². The summed E-state index contributed by atoms with van der Waals surface area (Å²) in [5.74, 6) is 0.636. The van der Waals surface area contributed by atoms with E-state index in [0.717, 1.165) is 61.4 Å². The third-order valence-corrected chi connectivity index (χ3v) is 9.75. The van der Waals surface area contributed by atoms with E-state index in [2.05, 4.69) is 179 Å². The zero-order chi connectivity index (χ0) is 33.0. The second kappa shape index (κ2) is 11.4. The van der Waals surface area contributed by atoms with Gasteiger partial charge in [-0.25, -0.2) is 9.97 Å². The highest BCUT2D eigenvalue weighted by Gasteiger charge is 2.30. The van der Waals surface area contributed by atoms with Crippen molar-refractivity contribution in [2.75, 3.05) is 4.90 Å². The normalized spacial score (nSPS) is 12.0. The van der Waals surface area contributed by atoms with Crippen LogP contribution < -0.4 is 4.90 Å². The standard InChI is InChI=1S/C46H30N4/c1-4-16-31(17-5-1)39-30-40(32-18-6-2-7-19-32)48-46(47-39)50-42-27-15-13-25-38(42)44-43(50)29-28-37-35-23-11-10-22-34(35)36-24-12-14-26-41(36)49(45(37)44)33-20-8-3-9-21-33/h1-30H. The monoisotopic (exact) mass is 638 g/mol. The zero-order valence-electron chi connectivity index (χ0n) is 27.1. The van der Waals surface area contributed by atoms with E-state index < -0.39 is 0 Å². The number of rotatable bonds is 4. The first-order valence-electron chi connectivity index (χ1n) is 16.9. The molecule has 0 amide bonds. The lowest BCUT2D eigenvalue weighted by atomic mass is 9.93. The molecule has 4 nitrogen and oxygen atoms in total. The quantitative estimate of drug-likeness (QED) is 0.192. The molecule has 234 valence electrons. The van der Waals surface area contributed by atoms with Gasteiger partial charge in [0.25, 0.3) is 0 Å². The van der Waals surface area contributed by atoms with Crippen LogP contribution in [0.1, 0.15) is 0 Å². The molecule has 0 saturated carbocycles. The summed E-state index contributed by atoms with van der Waals surface area (Å²) in [7, 11) is 0. The van der Waals surface area contributed by atoms with Gasteiger partial charge < -0.3 is 4.90 Å². The maximum atomic E-state index is 5.29. The van der Waals surface area contributed by atoms with Crippen molar-refractivity contribution in [3.05, 3.63) is 182 Å². The summed E-state index contributed by atoms with van der Waals surface area (Å²) in [6.45, 7) is 0. The molecule has 7 aromatic carbocycles. The Morgan fingerprint density at radius 2 is 0.940 bits per heavy atom. The first-order valence-corrected chi connectivity index (χ1v) is 16.9. The summed E-state index contributed by atoms with van der Waals surface area (Å²) in [4.78, 5) is 13.0. The molecule has 0 saturated heterocycles. The van der Waals surface area contributed by atoms with E-state index in [0.29, 0.717) is 5.95 Å². The molecule has 1 aliphatic rings. The largest absolute Gasteiger partial charge is 0.309 e. The second-order valence-corrected chi connectivity index (χ2v) is 12.6. The highest BCUT2D eigenvalue weighted by atomic mass is 15.2. The van der Waals surface area contributed by atoms with Gasteiger partial charge in [0, 0.05) is 38.7 Å². The van der Waals surface area contributed by atoms with Crippen molar-refractivity contribution < 1.29 is 0 Å². The number of hydrogen-bond acceptors (Lipinski definition) is 3. The van der Waals surface area contributed by atoms with Gasteiger partial charge in [-0.15, -0.1) is 0 Å². The summed E-state index contributed by atoms with van der Waals surface area (Å²) < 4.78 is 2.25. The summed E-state index contributed by atoms with van der Waals surface area (Å²) in [5, 5.41) is 2.30. The van der Waals surface area contributed by atoms with E-state index in [1.807, 2.05) is 12.1 Å². The molecule has 10 rings (SSSR count). The Balaban J connectivity index is 1.35. The summed E-state index contributed by atoms with van der Waals surface area (Å²) in [5.41, 5.74) is 14.2. The number of aromatic nitrogens is 3. The minimum Gasteiger partial charge on any atom is -0.309 e. The van der Waals surface area contributed by atoms with Crippen LogP contribution in [0, 0.1) is 0 Å². The van der Waals surface area contributed by atoms with Crippen molar-refractivity contribution in [2.24, 2.45) is 0 Å². The highest BCUT2D eigenvalue weighted by molar-refractivity contribution is 6.21. The van der Waals surface area contributed by atoms with Gasteiger partial charge in [0.15, 0.2) is 0 Å². The van der Waals surface area contributed by atoms with Crippen LogP contribution in [-0.4, -0.2) is 14.5 Å². The molecule has 50 heavy (non-hydrogen) atoms. The molecule has 3 heterocycles. The molecule has 0 fully saturated rings. The maximum Gasteiger partial charge on any atom is 0.235 e. The highest BCUT2D eigenvalue weighted by Crippen LogP contribution is 2.54. The van der Waals surface area contributed by atoms with Crippen molar-refractivity contribution in [1.82, 2.24) is 14.5 Å². The lowest BCUT2D eigenvalue weighted by Gasteiger charge is -2.28. The smallest absolute Gasteiger partial charge is 0.235 e. The van der Waals surface area contributed by atoms with Crippen molar-refractivity contribution in [2.45, 2.75) is 0 Å². The van der Waals surface area contributed by atoms with Crippen molar-refractivity contribution in [3.63, 3.8) is 0 Å². The van der Waals surface area contributed by atoms with Gasteiger partial charge >= 0.3 is 0 Å². The fourth-order valence-corrected chi connectivity index (χ4v) is 7.57. The van der Waals surface area contributed by atoms with Crippen LogP contribution in [0.25, 0.3) is 72.5 Å². The third-order valence-electron chi connectivity index (χ3n) is 9.75. The molecule has 0 spiro atoms. The lowest BCUT2D eigenvalue weighted by Crippen LogP contribution is -2.11. The molecule has 0 N–H and O–H groups in total. The number of hydrogen-bond donors (Lipinski definition) is 0. The molecule has 0 bridgehead atoms. The van der Waals surface area contributed by atoms with Crippen molar-refractivity contribution >= 4 is 38.9 Å². The van der Waals surface area contributed by atoms with Crippen LogP contribution in [0.4, 0.5) is 17.1 Å². The molecule has 0 radical (unpaired) electrons. The zero-order valence-corrected chi connectivity index (χ0v) is 27.1. The first kappa shape index (κ1) is 28.3. The van der Waals surface area contributed by atoms with Crippen molar-refractivity contribution in [1.29, 1.82) is 0 Å². The van der Waals surface area contributed by atoms with E-state index in [4.69, 9.17) is 9.97 Å². The van der Waals surface area contributed by atoms with E-state index in [1.165, 1.54) is 22.3 Å². The summed E-state index contributed by atoms with van der Waals surface area (Å²) in [6, 6.07) is 64.3. The van der Waals surface area contributed by atoms with Gasteiger partial charge in [-0.3, -0.25) is 4.57 Å². The van der Waals surface area contributed by atoms with Crippen LogP contribution in [0.2, 0.25) is 0 Å². The van der Waals surface area contributed by atoms with Crippen molar-refractivity contribution in [3.8, 4) is 50.7 Å². The average molecular weight is 639 g/mol. The average Bonchev–Trinajstić information content (AvgIpc) is 3.47. The Morgan fingerprint density at radius 3 is 1.62 bits per heavy atom. The Labute approximate surface area is 290 Å². The third kappa shape index (κ3) is 4.39. The molecule has 0 unspecified atom stereocenters. The van der Waals surface area contributed by atoms with Crippen LogP contribution in [0.5, 0.6) is 0 Å². The minimum absolute atomic E-state index is 0.636. The SMILES string of the molecule is c1ccc(-c2cc(-c3ccccc3)nc(-n3c4ccccc4c4c5c(ccc43)-c3ccccc3-c3ccccc3N5c3ccccc3)n2)cc1. The topological polar surface area (TPSA) is 34.0 Å². The Kier molecular flexibility index (Phi) is 6.46. The molecule has 1 aliphatic heterocycles. The molecule has 9 aromatic rings. The number of anilines is 3. The van der Waals surface area contributed by atoms with Gasteiger partial charge in [0.2, 0.25) is 5.95 Å². The molecule has 2 aromatic heterocycles. The molecular formula is C46H30N4.